The van der Waals surface area contributed by atoms with Gasteiger partial charge >= 0.3 is 0 Å². The van der Waals surface area contributed by atoms with Gasteiger partial charge in [0.25, 0.3) is 0 Å². The zero-order valence-corrected chi connectivity index (χ0v) is 14.2. The highest BCUT2D eigenvalue weighted by Gasteiger charge is 2.14. The number of nitrogen functional groups attached to an aromatic ring is 1. The summed E-state index contributed by atoms with van der Waals surface area (Å²) >= 11 is 15.2. The van der Waals surface area contributed by atoms with Crippen LogP contribution in [0.25, 0.3) is 0 Å². The monoisotopic (exact) mass is 387 g/mol. The second-order valence-corrected chi connectivity index (χ2v) is 6.21. The number of ether oxygens (including phenoxy) is 1. The number of halogens is 3. The Morgan fingerprint density at radius 2 is 2.00 bits per heavy atom. The molecular weight excluding hydrogens is 377 g/mol. The predicted molar refractivity (Wildman–Crippen MR) is 89.4 cm³/mol. The van der Waals surface area contributed by atoms with E-state index in [0.29, 0.717) is 27.0 Å². The molecule has 0 heterocycles. The molecule has 2 N–H and O–H groups in total. The number of rotatable bonds is 4. The van der Waals surface area contributed by atoms with Crippen LogP contribution in [0.4, 0.5) is 5.69 Å². The van der Waals surface area contributed by atoms with E-state index in [0.717, 1.165) is 10.0 Å². The molecule has 21 heavy (non-hydrogen) atoms. The summed E-state index contributed by atoms with van der Waals surface area (Å²) in [5.41, 5.74) is 7.50. The summed E-state index contributed by atoms with van der Waals surface area (Å²) in [4.78, 5) is 11.7. The van der Waals surface area contributed by atoms with Crippen molar-refractivity contribution in [1.82, 2.24) is 0 Å². The van der Waals surface area contributed by atoms with Crippen molar-refractivity contribution in [3.05, 3.63) is 56.0 Å². The van der Waals surface area contributed by atoms with Crippen LogP contribution in [0.15, 0.2) is 34.8 Å². The molecule has 0 aliphatic heterocycles. The van der Waals surface area contributed by atoms with Crippen molar-refractivity contribution >= 4 is 50.6 Å². The van der Waals surface area contributed by atoms with E-state index in [2.05, 4.69) is 15.9 Å². The molecule has 2 rings (SSSR count). The SMILES string of the molecule is CC(=O)c1cc(Br)cc(N)c1OCc1ccc(Cl)cc1Cl. The topological polar surface area (TPSA) is 52.3 Å². The first-order valence-electron chi connectivity index (χ1n) is 6.05. The van der Waals surface area contributed by atoms with Crippen LogP contribution < -0.4 is 10.5 Å². The molecule has 0 spiro atoms. The normalized spacial score (nSPS) is 10.5. The number of benzene rings is 2. The largest absolute Gasteiger partial charge is 0.486 e. The van der Waals surface area contributed by atoms with Gasteiger partial charge in [-0.2, -0.15) is 0 Å². The fourth-order valence-corrected chi connectivity index (χ4v) is 2.76. The van der Waals surface area contributed by atoms with Crippen LogP contribution in [0, 0.1) is 0 Å². The fraction of sp³-hybridized carbons (Fsp3) is 0.133. The number of anilines is 1. The van der Waals surface area contributed by atoms with Crippen LogP contribution in [0.5, 0.6) is 5.75 Å². The second-order valence-electron chi connectivity index (χ2n) is 4.45. The van der Waals surface area contributed by atoms with E-state index in [-0.39, 0.29) is 12.4 Å². The van der Waals surface area contributed by atoms with E-state index in [1.165, 1.54) is 6.92 Å². The number of carbonyl (C=O) groups excluding carboxylic acids is 1. The molecule has 2 aromatic rings. The molecule has 0 saturated heterocycles. The molecule has 0 radical (unpaired) electrons. The maximum absolute atomic E-state index is 11.7. The summed E-state index contributed by atoms with van der Waals surface area (Å²) in [7, 11) is 0. The van der Waals surface area contributed by atoms with Gasteiger partial charge in [0.1, 0.15) is 6.61 Å². The lowest BCUT2D eigenvalue weighted by atomic mass is 10.1. The molecule has 110 valence electrons. The fourth-order valence-electron chi connectivity index (χ4n) is 1.83. The lowest BCUT2D eigenvalue weighted by molar-refractivity contribution is 0.101. The Balaban J connectivity index is 2.29. The number of carbonyl (C=O) groups is 1. The molecule has 0 amide bonds. The minimum atomic E-state index is -0.125. The number of hydrogen-bond acceptors (Lipinski definition) is 3. The molecule has 3 nitrogen and oxygen atoms in total. The van der Waals surface area contributed by atoms with Gasteiger partial charge in [-0.25, -0.2) is 0 Å². The molecule has 0 fully saturated rings. The van der Waals surface area contributed by atoms with Crippen LogP contribution in [-0.4, -0.2) is 5.78 Å². The summed E-state index contributed by atoms with van der Waals surface area (Å²) in [6.07, 6.45) is 0. The van der Waals surface area contributed by atoms with Gasteiger partial charge in [-0.15, -0.1) is 0 Å². The lowest BCUT2D eigenvalue weighted by Crippen LogP contribution is -2.05. The summed E-state index contributed by atoms with van der Waals surface area (Å²) in [6.45, 7) is 1.66. The third-order valence-corrected chi connectivity index (χ3v) is 3.89. The van der Waals surface area contributed by atoms with Crippen LogP contribution in [0.3, 0.4) is 0 Å². The zero-order valence-electron chi connectivity index (χ0n) is 11.1. The number of nitrogens with two attached hydrogens (primary N) is 1. The predicted octanol–water partition coefficient (Wildman–Crippen LogP) is 5.12. The standard InChI is InChI=1S/C15H12BrCl2NO2/c1-8(20)12-4-10(16)5-14(19)15(12)21-7-9-2-3-11(17)6-13(9)18/h2-6H,7,19H2,1H3. The van der Waals surface area contributed by atoms with Crippen LogP contribution >= 0.6 is 39.1 Å². The number of hydrogen-bond donors (Lipinski definition) is 1. The molecule has 0 aromatic heterocycles. The van der Waals surface area contributed by atoms with E-state index >= 15 is 0 Å². The van der Waals surface area contributed by atoms with Crippen LogP contribution in [0.2, 0.25) is 10.0 Å². The summed E-state index contributed by atoms with van der Waals surface area (Å²) in [5, 5.41) is 1.05. The Morgan fingerprint density at radius 1 is 1.29 bits per heavy atom. The van der Waals surface area contributed by atoms with Gasteiger partial charge < -0.3 is 10.5 Å². The van der Waals surface area contributed by atoms with Crippen molar-refractivity contribution in [2.45, 2.75) is 13.5 Å². The average Bonchev–Trinajstić information content (AvgIpc) is 2.38. The minimum absolute atomic E-state index is 0.125. The molecule has 0 saturated carbocycles. The Kier molecular flexibility index (Phi) is 5.14. The first kappa shape index (κ1) is 16.1. The van der Waals surface area contributed by atoms with Gasteiger partial charge in [-0.1, -0.05) is 45.2 Å². The maximum atomic E-state index is 11.7. The van der Waals surface area contributed by atoms with E-state index in [1.807, 2.05) is 0 Å². The molecule has 0 aliphatic rings. The van der Waals surface area contributed by atoms with E-state index in [4.69, 9.17) is 33.7 Å². The highest BCUT2D eigenvalue weighted by molar-refractivity contribution is 9.10. The molecule has 0 bridgehead atoms. The quantitative estimate of drug-likeness (QED) is 0.584. The molecular formula is C15H12BrCl2NO2. The summed E-state index contributed by atoms with van der Waals surface area (Å²) < 4.78 is 6.42. The average molecular weight is 389 g/mol. The van der Waals surface area contributed by atoms with Gasteiger partial charge in [0, 0.05) is 20.1 Å². The van der Waals surface area contributed by atoms with Crippen molar-refractivity contribution in [3.63, 3.8) is 0 Å². The highest BCUT2D eigenvalue weighted by atomic mass is 79.9. The van der Waals surface area contributed by atoms with E-state index < -0.39 is 0 Å². The zero-order chi connectivity index (χ0) is 15.6. The van der Waals surface area contributed by atoms with E-state index in [1.54, 1.807) is 30.3 Å². The van der Waals surface area contributed by atoms with Crippen molar-refractivity contribution in [3.8, 4) is 5.75 Å². The molecule has 2 aromatic carbocycles. The first-order chi connectivity index (χ1) is 9.88. The third kappa shape index (κ3) is 3.90. The Morgan fingerprint density at radius 3 is 2.62 bits per heavy atom. The summed E-state index contributed by atoms with van der Waals surface area (Å²) in [6, 6.07) is 8.50. The van der Waals surface area contributed by atoms with Gasteiger partial charge in [-0.3, -0.25) is 4.79 Å². The first-order valence-corrected chi connectivity index (χ1v) is 7.60. The van der Waals surface area contributed by atoms with Crippen molar-refractivity contribution in [2.75, 3.05) is 5.73 Å². The Bertz CT molecular complexity index is 704. The Labute approximate surface area is 141 Å². The second kappa shape index (κ2) is 6.69. The summed E-state index contributed by atoms with van der Waals surface area (Å²) in [5.74, 6) is 0.233. The molecule has 0 atom stereocenters. The van der Waals surface area contributed by atoms with Gasteiger partial charge in [0.15, 0.2) is 11.5 Å². The molecule has 0 unspecified atom stereocenters. The molecule has 6 heteroatoms. The van der Waals surface area contributed by atoms with Gasteiger partial charge in [0.2, 0.25) is 0 Å². The lowest BCUT2D eigenvalue weighted by Gasteiger charge is -2.14. The smallest absolute Gasteiger partial charge is 0.163 e. The van der Waals surface area contributed by atoms with Crippen molar-refractivity contribution in [2.24, 2.45) is 0 Å². The number of Topliss-reactive ketones (excluding diaryl/α,β-unsaturated/α-hetero) is 1. The highest BCUT2D eigenvalue weighted by Crippen LogP contribution is 2.32. The third-order valence-electron chi connectivity index (χ3n) is 2.85. The van der Waals surface area contributed by atoms with Crippen LogP contribution in [-0.2, 0) is 6.61 Å². The number of ketones is 1. The van der Waals surface area contributed by atoms with E-state index in [9.17, 15) is 4.79 Å². The van der Waals surface area contributed by atoms with Gasteiger partial charge in [-0.05, 0) is 31.2 Å². The van der Waals surface area contributed by atoms with Crippen molar-refractivity contribution in [1.29, 1.82) is 0 Å². The minimum Gasteiger partial charge on any atom is -0.486 e. The Hall–Kier alpha value is -1.23. The van der Waals surface area contributed by atoms with Gasteiger partial charge in [0.05, 0.1) is 11.3 Å². The maximum Gasteiger partial charge on any atom is 0.163 e. The van der Waals surface area contributed by atoms with Crippen LogP contribution in [0.1, 0.15) is 22.8 Å². The van der Waals surface area contributed by atoms with Crippen molar-refractivity contribution < 1.29 is 9.53 Å². The molecule has 0 aliphatic carbocycles.